The van der Waals surface area contributed by atoms with Gasteiger partial charge in [0, 0.05) is 6.07 Å². The summed E-state index contributed by atoms with van der Waals surface area (Å²) in [6.45, 7) is 4.70. The minimum atomic E-state index is -0.391. The lowest BCUT2D eigenvalue weighted by molar-refractivity contribution is -0.117. The van der Waals surface area contributed by atoms with Gasteiger partial charge in [-0.1, -0.05) is 42.5 Å². The van der Waals surface area contributed by atoms with E-state index in [0.29, 0.717) is 19.0 Å². The van der Waals surface area contributed by atoms with Crippen molar-refractivity contribution in [1.82, 2.24) is 14.7 Å². The van der Waals surface area contributed by atoms with Crippen molar-refractivity contribution < 1.29 is 14.3 Å². The van der Waals surface area contributed by atoms with Crippen LogP contribution < -0.4 is 5.32 Å². The molecule has 0 radical (unpaired) electrons. The third-order valence-corrected chi connectivity index (χ3v) is 5.08. The number of ether oxygens (including phenoxy) is 1. The van der Waals surface area contributed by atoms with E-state index in [-0.39, 0.29) is 12.3 Å². The molecule has 1 aromatic heterocycles. The predicted octanol–water partition coefficient (Wildman–Crippen LogP) is 4.01. The van der Waals surface area contributed by atoms with Gasteiger partial charge in [0.15, 0.2) is 0 Å². The summed E-state index contributed by atoms with van der Waals surface area (Å²) >= 11 is 0. The van der Waals surface area contributed by atoms with Gasteiger partial charge < -0.3 is 10.1 Å². The highest BCUT2D eigenvalue weighted by Crippen LogP contribution is 2.28. The number of anilines is 1. The normalized spacial score (nSPS) is 14.5. The molecule has 0 saturated carbocycles. The van der Waals surface area contributed by atoms with Crippen LogP contribution in [-0.4, -0.2) is 39.8 Å². The van der Waals surface area contributed by atoms with E-state index in [0.717, 1.165) is 22.5 Å². The molecule has 0 aliphatic carbocycles. The Balaban J connectivity index is 1.57. The monoisotopic (exact) mass is 404 g/mol. The molecule has 1 aliphatic rings. The Labute approximate surface area is 175 Å². The Morgan fingerprint density at radius 1 is 1.13 bits per heavy atom. The topological polar surface area (TPSA) is 76.5 Å². The van der Waals surface area contributed by atoms with Crippen LogP contribution in [0, 0.1) is 13.8 Å². The highest BCUT2D eigenvalue weighted by Gasteiger charge is 2.32. The lowest BCUT2D eigenvalue weighted by Gasteiger charge is -2.25. The zero-order valence-electron chi connectivity index (χ0n) is 17.0. The molecule has 2 amide bonds. The standard InChI is InChI=1S/C23H24N4O3/c1-16-7-6-10-19(13-16)27-21(14-17(2)25-27)24-22(28)15-20(18-8-4-3-5-9-18)26-11-12-30-23(26)29/h3-10,13-14,20H,11-12,15H2,1-2H3,(H,24,28). The number of hydrogen-bond donors (Lipinski definition) is 1. The van der Waals surface area contributed by atoms with Crippen LogP contribution in [0.4, 0.5) is 10.6 Å². The van der Waals surface area contributed by atoms with Crippen LogP contribution in [0.15, 0.2) is 60.7 Å². The molecule has 1 aliphatic heterocycles. The predicted molar refractivity (Wildman–Crippen MR) is 114 cm³/mol. The summed E-state index contributed by atoms with van der Waals surface area (Å²) < 4.78 is 6.82. The number of aromatic nitrogens is 2. The highest BCUT2D eigenvalue weighted by atomic mass is 16.6. The number of rotatable bonds is 6. The second kappa shape index (κ2) is 8.41. The van der Waals surface area contributed by atoms with Gasteiger partial charge in [-0.05, 0) is 37.1 Å². The quantitative estimate of drug-likeness (QED) is 0.673. The molecule has 30 heavy (non-hydrogen) atoms. The van der Waals surface area contributed by atoms with Gasteiger partial charge in [0.2, 0.25) is 5.91 Å². The van der Waals surface area contributed by atoms with E-state index in [2.05, 4.69) is 10.4 Å². The van der Waals surface area contributed by atoms with Crippen LogP contribution in [0.5, 0.6) is 0 Å². The number of hydrogen-bond acceptors (Lipinski definition) is 4. The molecule has 7 nitrogen and oxygen atoms in total. The van der Waals surface area contributed by atoms with Crippen LogP contribution in [0.25, 0.3) is 5.69 Å². The number of amides is 2. The van der Waals surface area contributed by atoms with E-state index in [9.17, 15) is 9.59 Å². The fraction of sp³-hybridized carbons (Fsp3) is 0.261. The Morgan fingerprint density at radius 3 is 2.63 bits per heavy atom. The minimum absolute atomic E-state index is 0.122. The largest absolute Gasteiger partial charge is 0.448 e. The first-order valence-electron chi connectivity index (χ1n) is 9.93. The number of nitrogens with one attached hydrogen (secondary N) is 1. The lowest BCUT2D eigenvalue weighted by atomic mass is 10.0. The molecule has 7 heteroatoms. The van der Waals surface area contributed by atoms with Crippen molar-refractivity contribution in [2.45, 2.75) is 26.3 Å². The van der Waals surface area contributed by atoms with Gasteiger partial charge in [-0.25, -0.2) is 9.48 Å². The van der Waals surface area contributed by atoms with E-state index in [4.69, 9.17) is 4.74 Å². The molecule has 0 bridgehead atoms. The fourth-order valence-corrected chi connectivity index (χ4v) is 3.69. The first kappa shape index (κ1) is 19.7. The van der Waals surface area contributed by atoms with Gasteiger partial charge >= 0.3 is 6.09 Å². The Morgan fingerprint density at radius 2 is 1.93 bits per heavy atom. The second-order valence-electron chi connectivity index (χ2n) is 7.41. The molecule has 4 rings (SSSR count). The van der Waals surface area contributed by atoms with Crippen LogP contribution in [-0.2, 0) is 9.53 Å². The number of cyclic esters (lactones) is 1. The summed E-state index contributed by atoms with van der Waals surface area (Å²) in [5.74, 6) is 0.399. The van der Waals surface area contributed by atoms with Crippen molar-refractivity contribution in [3.8, 4) is 5.69 Å². The summed E-state index contributed by atoms with van der Waals surface area (Å²) in [6.07, 6.45) is -0.269. The van der Waals surface area contributed by atoms with Gasteiger partial charge in [-0.3, -0.25) is 9.69 Å². The van der Waals surface area contributed by atoms with Gasteiger partial charge in [0.25, 0.3) is 0 Å². The molecule has 1 N–H and O–H groups in total. The molecule has 2 aromatic carbocycles. The summed E-state index contributed by atoms with van der Waals surface area (Å²) in [6, 6.07) is 18.9. The van der Waals surface area contributed by atoms with Crippen molar-refractivity contribution in [2.24, 2.45) is 0 Å². The van der Waals surface area contributed by atoms with Crippen LogP contribution in [0.2, 0.25) is 0 Å². The Bertz CT molecular complexity index is 1060. The molecule has 154 valence electrons. The molecule has 1 unspecified atom stereocenters. The van der Waals surface area contributed by atoms with E-state index in [1.54, 1.807) is 9.58 Å². The number of benzene rings is 2. The van der Waals surface area contributed by atoms with E-state index in [1.807, 2.05) is 74.5 Å². The summed E-state index contributed by atoms with van der Waals surface area (Å²) in [7, 11) is 0. The van der Waals surface area contributed by atoms with Crippen LogP contribution in [0.1, 0.15) is 29.3 Å². The van der Waals surface area contributed by atoms with Crippen molar-refractivity contribution in [1.29, 1.82) is 0 Å². The van der Waals surface area contributed by atoms with Crippen LogP contribution in [0.3, 0.4) is 0 Å². The molecule has 1 atom stereocenters. The molecule has 0 spiro atoms. The van der Waals surface area contributed by atoms with Crippen molar-refractivity contribution in [2.75, 3.05) is 18.5 Å². The van der Waals surface area contributed by atoms with Crippen molar-refractivity contribution in [3.05, 3.63) is 77.5 Å². The van der Waals surface area contributed by atoms with E-state index < -0.39 is 12.1 Å². The summed E-state index contributed by atoms with van der Waals surface area (Å²) in [4.78, 5) is 26.8. The third-order valence-electron chi connectivity index (χ3n) is 5.08. The van der Waals surface area contributed by atoms with E-state index >= 15 is 0 Å². The lowest BCUT2D eigenvalue weighted by Crippen LogP contribution is -2.32. The van der Waals surface area contributed by atoms with Gasteiger partial charge in [-0.15, -0.1) is 0 Å². The summed E-state index contributed by atoms with van der Waals surface area (Å²) in [5, 5.41) is 7.49. The number of carbonyl (C=O) groups excluding carboxylic acids is 2. The molecule has 2 heterocycles. The first-order chi connectivity index (χ1) is 14.5. The van der Waals surface area contributed by atoms with Crippen molar-refractivity contribution >= 4 is 17.8 Å². The maximum absolute atomic E-state index is 13.0. The van der Waals surface area contributed by atoms with Crippen molar-refractivity contribution in [3.63, 3.8) is 0 Å². The SMILES string of the molecule is Cc1cccc(-n2nc(C)cc2NC(=O)CC(c2ccccc2)N2CCOC2=O)c1. The molecular formula is C23H24N4O3. The average Bonchev–Trinajstić information content (AvgIpc) is 3.32. The number of nitrogens with zero attached hydrogens (tertiary/aromatic N) is 3. The fourth-order valence-electron chi connectivity index (χ4n) is 3.69. The molecule has 1 fully saturated rings. The number of carbonyl (C=O) groups is 2. The maximum Gasteiger partial charge on any atom is 0.410 e. The Kier molecular flexibility index (Phi) is 5.52. The molecular weight excluding hydrogens is 380 g/mol. The average molecular weight is 404 g/mol. The van der Waals surface area contributed by atoms with Gasteiger partial charge in [0.1, 0.15) is 12.4 Å². The minimum Gasteiger partial charge on any atom is -0.448 e. The van der Waals surface area contributed by atoms with Gasteiger partial charge in [-0.2, -0.15) is 5.10 Å². The Hall–Kier alpha value is -3.61. The zero-order valence-corrected chi connectivity index (χ0v) is 17.0. The third kappa shape index (κ3) is 4.20. The zero-order chi connectivity index (χ0) is 21.1. The van der Waals surface area contributed by atoms with E-state index in [1.165, 1.54) is 0 Å². The first-order valence-corrected chi connectivity index (χ1v) is 9.93. The highest BCUT2D eigenvalue weighted by molar-refractivity contribution is 5.91. The van der Waals surface area contributed by atoms with Gasteiger partial charge in [0.05, 0.1) is 30.4 Å². The molecule has 1 saturated heterocycles. The second-order valence-corrected chi connectivity index (χ2v) is 7.41. The number of aryl methyl sites for hydroxylation is 2. The molecule has 3 aromatic rings. The maximum atomic E-state index is 13.0. The van der Waals surface area contributed by atoms with Crippen LogP contribution >= 0.6 is 0 Å². The smallest absolute Gasteiger partial charge is 0.410 e. The summed E-state index contributed by atoms with van der Waals surface area (Å²) in [5.41, 5.74) is 3.68.